The van der Waals surface area contributed by atoms with Crippen LogP contribution in [-0.2, 0) is 31.3 Å². The van der Waals surface area contributed by atoms with Crippen molar-refractivity contribution in [3.63, 3.8) is 0 Å². The lowest BCUT2D eigenvalue weighted by Crippen LogP contribution is -2.63. The Morgan fingerprint density at radius 3 is 1.77 bits per heavy atom. The zero-order valence-electron chi connectivity index (χ0n) is 26.6. The molecule has 6 heteroatoms. The maximum absolute atomic E-state index is 12.9. The van der Waals surface area contributed by atoms with Crippen LogP contribution in [0.1, 0.15) is 79.3 Å². The summed E-state index contributed by atoms with van der Waals surface area (Å²) in [6.45, 7) is 9.30. The number of β-amino-alcohol motifs (C(OH)–C–C–N with tert-alkyl or cyclic N) is 1. The molecule has 44 heavy (non-hydrogen) atoms. The highest BCUT2D eigenvalue weighted by atomic mass is 32.1. The molecule has 0 aliphatic heterocycles. The highest BCUT2D eigenvalue weighted by Gasteiger charge is 2.47. The molecule has 3 unspecified atom stereocenters. The minimum absolute atomic E-state index is 0.193. The molecule has 2 heterocycles. The van der Waals surface area contributed by atoms with Crippen LogP contribution in [0.25, 0.3) is 0 Å². The van der Waals surface area contributed by atoms with Crippen molar-refractivity contribution in [2.45, 2.75) is 95.0 Å². The Kier molecular flexibility index (Phi) is 9.22. The van der Waals surface area contributed by atoms with Crippen molar-refractivity contribution in [2.24, 2.45) is 11.8 Å². The van der Waals surface area contributed by atoms with Gasteiger partial charge in [-0.1, -0.05) is 54.6 Å². The molecule has 0 radical (unpaired) electrons. The van der Waals surface area contributed by atoms with Gasteiger partial charge in [-0.15, -0.1) is 11.3 Å². The molecule has 4 nitrogen and oxygen atoms in total. The number of hydrogen-bond acceptors (Lipinski definition) is 6. The van der Waals surface area contributed by atoms with Crippen molar-refractivity contribution >= 4 is 22.7 Å². The third-order valence-electron chi connectivity index (χ3n) is 9.91. The number of hydrogen-bond donors (Lipinski definition) is 4. The van der Waals surface area contributed by atoms with Crippen LogP contribution in [0, 0.1) is 11.8 Å². The van der Waals surface area contributed by atoms with Crippen molar-refractivity contribution in [2.75, 3.05) is 6.54 Å². The lowest BCUT2D eigenvalue weighted by molar-refractivity contribution is -0.0637. The van der Waals surface area contributed by atoms with Crippen LogP contribution in [0.15, 0.2) is 82.9 Å². The maximum atomic E-state index is 12.9. The van der Waals surface area contributed by atoms with E-state index in [0.29, 0.717) is 18.4 Å². The van der Waals surface area contributed by atoms with Crippen molar-refractivity contribution in [1.82, 2.24) is 10.6 Å². The van der Waals surface area contributed by atoms with Crippen LogP contribution in [-0.4, -0.2) is 33.9 Å². The summed E-state index contributed by atoms with van der Waals surface area (Å²) < 4.78 is 0. The monoisotopic (exact) mass is 628 g/mol. The van der Waals surface area contributed by atoms with Gasteiger partial charge in [0, 0.05) is 22.5 Å². The molecule has 0 fully saturated rings. The van der Waals surface area contributed by atoms with Gasteiger partial charge in [-0.3, -0.25) is 0 Å². The fraction of sp³-hybridized carbons (Fsp3) is 0.474. The molecule has 0 amide bonds. The van der Waals surface area contributed by atoms with Crippen LogP contribution < -0.4 is 10.6 Å². The van der Waals surface area contributed by atoms with Gasteiger partial charge in [0.2, 0.25) is 0 Å². The first-order chi connectivity index (χ1) is 21.0. The first-order valence-electron chi connectivity index (χ1n) is 16.1. The number of aliphatic hydroxyl groups excluding tert-OH is 1. The molecular weight excluding hydrogens is 581 g/mol. The van der Waals surface area contributed by atoms with E-state index in [9.17, 15) is 10.2 Å². The molecule has 0 spiro atoms. The zero-order valence-corrected chi connectivity index (χ0v) is 28.2. The van der Waals surface area contributed by atoms with Gasteiger partial charge in [0.25, 0.3) is 0 Å². The van der Waals surface area contributed by atoms with E-state index in [0.717, 1.165) is 49.0 Å². The normalized spacial score (nSPS) is 18.6. The van der Waals surface area contributed by atoms with Gasteiger partial charge >= 0.3 is 0 Å². The van der Waals surface area contributed by atoms with Crippen LogP contribution in [0.5, 0.6) is 0 Å². The number of thiophene rings is 2. The number of benzene rings is 2. The molecule has 0 bridgehead atoms. The van der Waals surface area contributed by atoms with Crippen molar-refractivity contribution < 1.29 is 10.2 Å². The van der Waals surface area contributed by atoms with Gasteiger partial charge in [-0.25, -0.2) is 0 Å². The smallest absolute Gasteiger partial charge is 0.129 e. The van der Waals surface area contributed by atoms with Gasteiger partial charge in [0.1, 0.15) is 5.60 Å². The fourth-order valence-corrected chi connectivity index (χ4v) is 9.48. The SMILES string of the molecule is CC(C)(CC1Cc2ccccc2C1)NCC(O)(c1cccs1)C(NC(C)(C)CC1Cc2ccccc2C1)C(O)c1ccsc1. The van der Waals surface area contributed by atoms with E-state index < -0.39 is 17.7 Å². The molecule has 234 valence electrons. The summed E-state index contributed by atoms with van der Waals surface area (Å²) in [5.74, 6) is 1.10. The Hall–Kier alpha value is -2.32. The quantitative estimate of drug-likeness (QED) is 0.124. The Morgan fingerprint density at radius 1 is 0.750 bits per heavy atom. The number of aliphatic hydroxyl groups is 2. The molecule has 2 aliphatic carbocycles. The topological polar surface area (TPSA) is 64.5 Å². The minimum atomic E-state index is -1.33. The number of nitrogens with one attached hydrogen (secondary N) is 2. The van der Waals surface area contributed by atoms with Gasteiger partial charge < -0.3 is 20.8 Å². The molecule has 0 saturated heterocycles. The molecule has 2 aliphatic rings. The fourth-order valence-electron chi connectivity index (χ4n) is 7.93. The Balaban J connectivity index is 1.23. The minimum Gasteiger partial charge on any atom is -0.387 e. The van der Waals surface area contributed by atoms with Gasteiger partial charge in [-0.2, -0.15) is 11.3 Å². The predicted octanol–water partition coefficient (Wildman–Crippen LogP) is 7.45. The van der Waals surface area contributed by atoms with E-state index in [1.54, 1.807) is 22.7 Å². The average Bonchev–Trinajstić information content (AvgIpc) is 3.80. The zero-order chi connectivity index (χ0) is 31.0. The standard InChI is InChI=1S/C38H48N2O2S2/c1-36(2,22-26-18-28-10-5-6-11-29(28)19-26)39-25-38(42,33-14-9-16-44-33)35(34(41)32-15-17-43-24-32)40-37(3,4)23-27-20-30-12-7-8-13-31(30)21-27/h5-17,24,26-27,34-35,39-42H,18-23,25H2,1-4H3. The van der Waals surface area contributed by atoms with E-state index in [2.05, 4.69) is 86.9 Å². The van der Waals surface area contributed by atoms with Crippen molar-refractivity contribution in [3.8, 4) is 0 Å². The maximum Gasteiger partial charge on any atom is 0.129 e. The second-order valence-electron chi connectivity index (χ2n) is 14.6. The third kappa shape index (κ3) is 7.06. The molecule has 4 N–H and O–H groups in total. The molecule has 0 saturated carbocycles. The molecule has 6 rings (SSSR count). The molecule has 2 aromatic heterocycles. The van der Waals surface area contributed by atoms with Crippen molar-refractivity contribution in [1.29, 1.82) is 0 Å². The van der Waals surface area contributed by atoms with E-state index in [-0.39, 0.29) is 11.1 Å². The van der Waals surface area contributed by atoms with E-state index in [4.69, 9.17) is 0 Å². The van der Waals surface area contributed by atoms with Crippen LogP contribution >= 0.6 is 22.7 Å². The van der Waals surface area contributed by atoms with E-state index in [1.165, 1.54) is 22.3 Å². The largest absolute Gasteiger partial charge is 0.387 e. The summed E-state index contributed by atoms with van der Waals surface area (Å²) in [7, 11) is 0. The second kappa shape index (κ2) is 12.8. The summed E-state index contributed by atoms with van der Waals surface area (Å²) in [6.07, 6.45) is 5.47. The molecule has 4 aromatic rings. The summed E-state index contributed by atoms with van der Waals surface area (Å²) in [6, 6.07) is 23.0. The highest BCUT2D eigenvalue weighted by molar-refractivity contribution is 7.10. The van der Waals surface area contributed by atoms with Crippen molar-refractivity contribution in [3.05, 3.63) is 116 Å². The lowest BCUT2D eigenvalue weighted by atomic mass is 9.81. The number of fused-ring (bicyclic) bond motifs is 2. The third-order valence-corrected chi connectivity index (χ3v) is 11.7. The Morgan fingerprint density at radius 2 is 1.30 bits per heavy atom. The van der Waals surface area contributed by atoms with Gasteiger partial charge in [-0.05, 0) is 134 Å². The predicted molar refractivity (Wildman–Crippen MR) is 184 cm³/mol. The van der Waals surface area contributed by atoms with Crippen LogP contribution in [0.3, 0.4) is 0 Å². The summed E-state index contributed by atoms with van der Waals surface area (Å²) in [5, 5.41) is 38.5. The first-order valence-corrected chi connectivity index (χ1v) is 18.0. The van der Waals surface area contributed by atoms with Gasteiger partial charge in [0.05, 0.1) is 12.1 Å². The molecular formula is C38H48N2O2S2. The number of rotatable bonds is 13. The first kappa shape index (κ1) is 31.7. The summed E-state index contributed by atoms with van der Waals surface area (Å²) in [4.78, 5) is 0.866. The average molecular weight is 629 g/mol. The molecule has 3 atom stereocenters. The van der Waals surface area contributed by atoms with Crippen LogP contribution in [0.4, 0.5) is 0 Å². The van der Waals surface area contributed by atoms with Crippen LogP contribution in [0.2, 0.25) is 0 Å². The Bertz CT molecular complexity index is 1460. The summed E-state index contributed by atoms with van der Waals surface area (Å²) >= 11 is 3.14. The summed E-state index contributed by atoms with van der Waals surface area (Å²) in [5.41, 5.74) is 4.85. The highest BCUT2D eigenvalue weighted by Crippen LogP contribution is 2.40. The van der Waals surface area contributed by atoms with E-state index >= 15 is 0 Å². The van der Waals surface area contributed by atoms with E-state index in [1.807, 2.05) is 34.3 Å². The lowest BCUT2D eigenvalue weighted by Gasteiger charge is -2.45. The Labute approximate surface area is 271 Å². The van der Waals surface area contributed by atoms with Gasteiger partial charge in [0.15, 0.2) is 0 Å². The molecule has 2 aromatic carbocycles. The second-order valence-corrected chi connectivity index (χ2v) is 16.4.